The number of rotatable bonds is 5. The summed E-state index contributed by atoms with van der Waals surface area (Å²) in [5, 5.41) is 7.12. The van der Waals surface area contributed by atoms with E-state index in [4.69, 9.17) is 4.74 Å². The van der Waals surface area contributed by atoms with Crippen molar-refractivity contribution in [3.63, 3.8) is 0 Å². The largest absolute Gasteiger partial charge is 0.411 e. The Morgan fingerprint density at radius 3 is 2.50 bits per heavy atom. The lowest BCUT2D eigenvalue weighted by Crippen LogP contribution is -2.18. The van der Waals surface area contributed by atoms with E-state index >= 15 is 0 Å². The molecule has 11 heteroatoms. The molecule has 0 spiro atoms. The highest BCUT2D eigenvalue weighted by Gasteiger charge is 2.33. The van der Waals surface area contributed by atoms with Gasteiger partial charge in [-0.25, -0.2) is 0 Å². The molecular weight excluding hydrogens is 451 g/mol. The average molecular weight is 465 g/mol. The highest BCUT2D eigenvalue weighted by Crippen LogP contribution is 2.34. The predicted octanol–water partition coefficient (Wildman–Crippen LogP) is 5.18. The first-order valence-corrected chi connectivity index (χ1v) is 8.82. The molecule has 0 bridgehead atoms. The molecule has 0 aliphatic heterocycles. The Bertz CT molecular complexity index is 999. The zero-order valence-electron chi connectivity index (χ0n) is 14.6. The molecule has 0 aliphatic rings. The Kier molecular flexibility index (Phi) is 5.41. The van der Waals surface area contributed by atoms with Gasteiger partial charge in [0.2, 0.25) is 5.82 Å². The molecule has 3 rings (SSSR count). The summed E-state index contributed by atoms with van der Waals surface area (Å²) >= 11 is 2.27. The normalized spacial score (nSPS) is 13.9. The maximum atomic E-state index is 13.6. The van der Waals surface area contributed by atoms with Gasteiger partial charge >= 0.3 is 11.0 Å². The molecule has 3 aromatic rings. The number of fused-ring (bicyclic) bond motifs is 1. The van der Waals surface area contributed by atoms with Crippen LogP contribution in [0.3, 0.4) is 0 Å². The standard InChI is InChI=1S/C17H14BrF5N4O/c1-9-5-11(10(2)28-8-16(19,20)21)3-4-12(9)13-7-27-14(6-24-13)25-26-15(27)17(18,22)23/h3-7,10H,8H2,1-2H3. The molecule has 0 N–H and O–H groups in total. The smallest absolute Gasteiger partial charge is 0.364 e. The van der Waals surface area contributed by atoms with Gasteiger partial charge in [0.1, 0.15) is 6.61 Å². The van der Waals surface area contributed by atoms with Gasteiger partial charge in [0.05, 0.1) is 18.0 Å². The second-order valence-electron chi connectivity index (χ2n) is 6.16. The molecule has 5 nitrogen and oxygen atoms in total. The highest BCUT2D eigenvalue weighted by atomic mass is 79.9. The molecule has 0 saturated carbocycles. The van der Waals surface area contributed by atoms with Crippen molar-refractivity contribution in [2.75, 3.05) is 6.61 Å². The van der Waals surface area contributed by atoms with Gasteiger partial charge in [0.15, 0.2) is 5.65 Å². The van der Waals surface area contributed by atoms with Crippen LogP contribution in [0.2, 0.25) is 0 Å². The summed E-state index contributed by atoms with van der Waals surface area (Å²) in [6.07, 6.45) is -2.48. The Morgan fingerprint density at radius 1 is 1.18 bits per heavy atom. The van der Waals surface area contributed by atoms with Crippen LogP contribution in [0.15, 0.2) is 30.6 Å². The van der Waals surface area contributed by atoms with E-state index in [0.717, 1.165) is 4.40 Å². The Labute approximate surface area is 164 Å². The molecule has 2 heterocycles. The lowest BCUT2D eigenvalue weighted by molar-refractivity contribution is -0.184. The summed E-state index contributed by atoms with van der Waals surface area (Å²) in [5.74, 6) is -0.588. The Balaban J connectivity index is 1.92. The van der Waals surface area contributed by atoms with Crippen LogP contribution < -0.4 is 0 Å². The van der Waals surface area contributed by atoms with Crippen molar-refractivity contribution in [2.45, 2.75) is 31.0 Å². The zero-order chi connectivity index (χ0) is 20.7. The number of nitrogens with zero attached hydrogens (tertiary/aromatic N) is 4. The van der Waals surface area contributed by atoms with Gasteiger partial charge in [-0.2, -0.15) is 22.0 Å². The number of ether oxygens (including phenoxy) is 1. The first-order chi connectivity index (χ1) is 13.0. The van der Waals surface area contributed by atoms with Gasteiger partial charge in [-0.3, -0.25) is 9.38 Å². The molecule has 0 amide bonds. The molecule has 1 unspecified atom stereocenters. The summed E-state index contributed by atoms with van der Waals surface area (Å²) in [6, 6.07) is 4.94. The number of hydrogen-bond donors (Lipinski definition) is 0. The molecule has 28 heavy (non-hydrogen) atoms. The maximum Gasteiger partial charge on any atom is 0.411 e. The van der Waals surface area contributed by atoms with Crippen LogP contribution in [0, 0.1) is 6.92 Å². The molecule has 2 aromatic heterocycles. The minimum absolute atomic E-state index is 0.154. The minimum Gasteiger partial charge on any atom is -0.364 e. The summed E-state index contributed by atoms with van der Waals surface area (Å²) in [7, 11) is 0. The topological polar surface area (TPSA) is 52.3 Å². The van der Waals surface area contributed by atoms with E-state index < -0.39 is 29.5 Å². The maximum absolute atomic E-state index is 13.6. The highest BCUT2D eigenvalue weighted by molar-refractivity contribution is 9.09. The van der Waals surface area contributed by atoms with Crippen LogP contribution in [0.1, 0.15) is 30.0 Å². The average Bonchev–Trinajstić information content (AvgIpc) is 3.02. The number of benzene rings is 1. The number of alkyl halides is 6. The lowest BCUT2D eigenvalue weighted by atomic mass is 10.0. The van der Waals surface area contributed by atoms with Crippen molar-refractivity contribution in [3.05, 3.63) is 47.5 Å². The molecule has 0 aliphatic carbocycles. The number of halogens is 6. The lowest BCUT2D eigenvalue weighted by Gasteiger charge is -2.16. The van der Waals surface area contributed by atoms with E-state index in [9.17, 15) is 22.0 Å². The van der Waals surface area contributed by atoms with E-state index in [-0.39, 0.29) is 5.65 Å². The molecule has 0 radical (unpaired) electrons. The van der Waals surface area contributed by atoms with E-state index in [2.05, 4.69) is 31.1 Å². The van der Waals surface area contributed by atoms with E-state index in [1.165, 1.54) is 19.3 Å². The quantitative estimate of drug-likeness (QED) is 0.385. The van der Waals surface area contributed by atoms with E-state index in [1.54, 1.807) is 25.1 Å². The van der Waals surface area contributed by atoms with Crippen molar-refractivity contribution in [2.24, 2.45) is 0 Å². The van der Waals surface area contributed by atoms with E-state index in [0.29, 0.717) is 22.4 Å². The van der Waals surface area contributed by atoms with Gasteiger partial charge < -0.3 is 4.74 Å². The summed E-state index contributed by atoms with van der Waals surface area (Å²) in [5.41, 5.74) is 2.43. The first kappa shape index (κ1) is 20.6. The van der Waals surface area contributed by atoms with Crippen molar-refractivity contribution >= 4 is 21.6 Å². The first-order valence-electron chi connectivity index (χ1n) is 8.03. The van der Waals surface area contributed by atoms with Crippen LogP contribution in [-0.4, -0.2) is 32.4 Å². The van der Waals surface area contributed by atoms with Gasteiger partial charge in [-0.1, -0.05) is 18.2 Å². The summed E-state index contributed by atoms with van der Waals surface area (Å²) in [6.45, 7) is 1.92. The van der Waals surface area contributed by atoms with Crippen molar-refractivity contribution in [1.82, 2.24) is 19.6 Å². The Hall–Kier alpha value is -2.14. The molecule has 1 atom stereocenters. The number of aryl methyl sites for hydroxylation is 1. The van der Waals surface area contributed by atoms with Crippen LogP contribution in [-0.2, 0) is 9.57 Å². The number of hydrogen-bond acceptors (Lipinski definition) is 4. The van der Waals surface area contributed by atoms with Gasteiger partial charge in [0, 0.05) is 11.8 Å². The van der Waals surface area contributed by atoms with E-state index in [1.807, 2.05) is 0 Å². The van der Waals surface area contributed by atoms with Gasteiger partial charge in [-0.15, -0.1) is 10.2 Å². The summed E-state index contributed by atoms with van der Waals surface area (Å²) < 4.78 is 70.1. The molecule has 0 saturated heterocycles. The fourth-order valence-electron chi connectivity index (χ4n) is 2.68. The third-order valence-corrected chi connectivity index (χ3v) is 4.39. The second kappa shape index (κ2) is 7.36. The predicted molar refractivity (Wildman–Crippen MR) is 94.2 cm³/mol. The third kappa shape index (κ3) is 4.46. The number of aromatic nitrogens is 4. The fourth-order valence-corrected chi connectivity index (χ4v) is 2.95. The molecule has 150 valence electrons. The fraction of sp³-hybridized carbons (Fsp3) is 0.353. The summed E-state index contributed by atoms with van der Waals surface area (Å²) in [4.78, 5) is 0.847. The molecular formula is C17H14BrF5N4O. The monoisotopic (exact) mass is 464 g/mol. The zero-order valence-corrected chi connectivity index (χ0v) is 16.2. The van der Waals surface area contributed by atoms with Gasteiger partial charge in [0.25, 0.3) is 0 Å². The van der Waals surface area contributed by atoms with Gasteiger partial charge in [-0.05, 0) is 40.9 Å². The van der Waals surface area contributed by atoms with Crippen molar-refractivity contribution < 1.29 is 26.7 Å². The van der Waals surface area contributed by atoms with Crippen LogP contribution >= 0.6 is 15.9 Å². The van der Waals surface area contributed by atoms with Crippen LogP contribution in [0.5, 0.6) is 0 Å². The SMILES string of the molecule is Cc1cc(C(C)OCC(F)(F)F)ccc1-c1cn2c(C(F)(F)Br)nnc2cn1. The van der Waals surface area contributed by atoms with Crippen LogP contribution in [0.4, 0.5) is 22.0 Å². The molecule has 0 fully saturated rings. The third-order valence-electron chi connectivity index (χ3n) is 4.04. The Morgan fingerprint density at radius 2 is 1.89 bits per heavy atom. The molecule has 1 aromatic carbocycles. The van der Waals surface area contributed by atoms with Crippen LogP contribution in [0.25, 0.3) is 16.9 Å². The van der Waals surface area contributed by atoms with Crippen molar-refractivity contribution in [1.29, 1.82) is 0 Å². The minimum atomic E-state index is -4.41. The van der Waals surface area contributed by atoms with Crippen molar-refractivity contribution in [3.8, 4) is 11.3 Å². The second-order valence-corrected chi connectivity index (χ2v) is 7.16.